The summed E-state index contributed by atoms with van der Waals surface area (Å²) in [5.41, 5.74) is 4.78. The molecule has 3 unspecified atom stereocenters. The molecular weight excluding hydrogens is 184 g/mol. The van der Waals surface area contributed by atoms with Gasteiger partial charge in [-0.05, 0) is 44.9 Å². The summed E-state index contributed by atoms with van der Waals surface area (Å²) in [5, 5.41) is 0. The smallest absolute Gasteiger partial charge is 0.133 e. The number of fused-ring (bicyclic) bond motifs is 4. The van der Waals surface area contributed by atoms with Crippen molar-refractivity contribution in [2.75, 3.05) is 0 Å². The molecule has 3 aliphatic rings. The topological polar surface area (TPSA) is 17.1 Å². The fourth-order valence-corrected chi connectivity index (χ4v) is 3.81. The molecule has 0 aromatic rings. The van der Waals surface area contributed by atoms with Crippen LogP contribution in [0.5, 0.6) is 0 Å². The predicted octanol–water partition coefficient (Wildman–Crippen LogP) is 3.27. The van der Waals surface area contributed by atoms with Gasteiger partial charge in [0.15, 0.2) is 0 Å². The van der Waals surface area contributed by atoms with Crippen LogP contribution in [0.4, 0.5) is 0 Å². The second kappa shape index (κ2) is 3.07. The number of rotatable bonds is 1. The van der Waals surface area contributed by atoms with Crippen LogP contribution >= 0.6 is 0 Å². The molecule has 0 heterocycles. The highest BCUT2D eigenvalue weighted by Crippen LogP contribution is 2.56. The van der Waals surface area contributed by atoms with E-state index in [0.717, 1.165) is 18.8 Å². The maximum absolute atomic E-state index is 11.4. The molecule has 0 aromatic carbocycles. The quantitative estimate of drug-likeness (QED) is 0.596. The van der Waals surface area contributed by atoms with Gasteiger partial charge in [0.05, 0.1) is 0 Å². The molecule has 0 radical (unpaired) electrons. The molecule has 0 N–H and O–H groups in total. The first-order chi connectivity index (χ1) is 7.16. The Morgan fingerprint density at radius 3 is 2.87 bits per heavy atom. The molecule has 1 nitrogen and oxygen atoms in total. The summed E-state index contributed by atoms with van der Waals surface area (Å²) in [4.78, 5) is 11.4. The average molecular weight is 202 g/mol. The minimum Gasteiger partial charge on any atom is -0.300 e. The normalized spacial score (nSPS) is 38.5. The van der Waals surface area contributed by atoms with Crippen molar-refractivity contribution in [2.24, 2.45) is 17.8 Å². The van der Waals surface area contributed by atoms with Crippen LogP contribution in [-0.4, -0.2) is 5.78 Å². The molecule has 0 amide bonds. The number of carbonyl (C=O) groups is 1. The lowest BCUT2D eigenvalue weighted by Gasteiger charge is -2.29. The van der Waals surface area contributed by atoms with Crippen LogP contribution in [0.3, 0.4) is 0 Å². The number of carbonyl (C=O) groups excluding carboxylic acids is 1. The Hall–Kier alpha value is -0.850. The minimum atomic E-state index is 0.330. The fourth-order valence-electron chi connectivity index (χ4n) is 3.81. The van der Waals surface area contributed by atoms with Gasteiger partial charge in [-0.1, -0.05) is 23.3 Å². The first-order valence-corrected chi connectivity index (χ1v) is 6.06. The maximum atomic E-state index is 11.4. The van der Waals surface area contributed by atoms with Gasteiger partial charge in [-0.3, -0.25) is 4.79 Å². The van der Waals surface area contributed by atoms with Gasteiger partial charge in [0, 0.05) is 11.8 Å². The molecule has 1 saturated carbocycles. The highest BCUT2D eigenvalue weighted by molar-refractivity contribution is 5.79. The molecule has 1 fully saturated rings. The van der Waals surface area contributed by atoms with Crippen LogP contribution in [-0.2, 0) is 4.79 Å². The van der Waals surface area contributed by atoms with Crippen molar-refractivity contribution in [1.82, 2.24) is 0 Å². The lowest BCUT2D eigenvalue weighted by Crippen LogP contribution is -2.20. The highest BCUT2D eigenvalue weighted by atomic mass is 16.1. The number of Topliss-reactive ketones (excluding diaryl/α,β-unsaturated/α-hetero) is 1. The summed E-state index contributed by atoms with van der Waals surface area (Å²) in [6.45, 7) is 5.93. The van der Waals surface area contributed by atoms with Crippen LogP contribution in [0.25, 0.3) is 0 Å². The standard InChI is InChI=1S/C14H18O/c1-8-5-11-7-13(8)12-4-3-10(9(2)15)6-14(11)12/h10-11,13H,1,3-7H2,2H3. The zero-order valence-electron chi connectivity index (χ0n) is 9.38. The van der Waals surface area contributed by atoms with Crippen LogP contribution in [0.15, 0.2) is 23.3 Å². The predicted molar refractivity (Wildman–Crippen MR) is 60.4 cm³/mol. The summed E-state index contributed by atoms with van der Waals surface area (Å²) in [7, 11) is 0. The van der Waals surface area contributed by atoms with Gasteiger partial charge in [-0.25, -0.2) is 0 Å². The molecule has 0 aliphatic heterocycles. The minimum absolute atomic E-state index is 0.330. The zero-order valence-corrected chi connectivity index (χ0v) is 9.38. The van der Waals surface area contributed by atoms with Crippen LogP contribution in [0.1, 0.15) is 39.0 Å². The second-order valence-corrected chi connectivity index (χ2v) is 5.45. The Balaban J connectivity index is 1.89. The van der Waals surface area contributed by atoms with E-state index in [0.29, 0.717) is 17.6 Å². The van der Waals surface area contributed by atoms with Crippen molar-refractivity contribution in [3.63, 3.8) is 0 Å². The van der Waals surface area contributed by atoms with E-state index < -0.39 is 0 Å². The largest absolute Gasteiger partial charge is 0.300 e. The van der Waals surface area contributed by atoms with E-state index >= 15 is 0 Å². The van der Waals surface area contributed by atoms with Crippen molar-refractivity contribution in [2.45, 2.75) is 39.0 Å². The summed E-state index contributed by atoms with van der Waals surface area (Å²) >= 11 is 0. The van der Waals surface area contributed by atoms with E-state index in [4.69, 9.17) is 0 Å². The summed E-state index contributed by atoms with van der Waals surface area (Å²) in [6, 6.07) is 0. The SMILES string of the molecule is C=C1CC2CC1C1=C2CC(C(C)=O)CC1. The Bertz CT molecular complexity index is 375. The summed E-state index contributed by atoms with van der Waals surface area (Å²) in [6.07, 6.45) is 5.84. The molecule has 0 spiro atoms. The Labute approximate surface area is 91.2 Å². The van der Waals surface area contributed by atoms with Gasteiger partial charge in [0.2, 0.25) is 0 Å². The molecular formula is C14H18O. The van der Waals surface area contributed by atoms with Crippen molar-refractivity contribution in [1.29, 1.82) is 0 Å². The lowest BCUT2D eigenvalue weighted by atomic mass is 9.75. The van der Waals surface area contributed by atoms with E-state index in [-0.39, 0.29) is 0 Å². The molecule has 3 atom stereocenters. The third-order valence-corrected chi connectivity index (χ3v) is 4.65. The number of hydrogen-bond donors (Lipinski definition) is 0. The van der Waals surface area contributed by atoms with E-state index in [2.05, 4.69) is 6.58 Å². The third kappa shape index (κ3) is 1.25. The summed E-state index contributed by atoms with van der Waals surface area (Å²) < 4.78 is 0. The fraction of sp³-hybridized carbons (Fsp3) is 0.643. The monoisotopic (exact) mass is 202 g/mol. The molecule has 3 aliphatic carbocycles. The Morgan fingerprint density at radius 1 is 1.33 bits per heavy atom. The van der Waals surface area contributed by atoms with Gasteiger partial charge in [0.1, 0.15) is 5.78 Å². The Kier molecular flexibility index (Phi) is 1.92. The van der Waals surface area contributed by atoms with Crippen molar-refractivity contribution < 1.29 is 4.79 Å². The van der Waals surface area contributed by atoms with E-state index in [1.807, 2.05) is 0 Å². The Morgan fingerprint density at radius 2 is 2.13 bits per heavy atom. The number of ketones is 1. The van der Waals surface area contributed by atoms with Crippen molar-refractivity contribution >= 4 is 5.78 Å². The first-order valence-electron chi connectivity index (χ1n) is 6.06. The van der Waals surface area contributed by atoms with Crippen LogP contribution in [0, 0.1) is 17.8 Å². The van der Waals surface area contributed by atoms with E-state index in [9.17, 15) is 4.79 Å². The molecule has 2 bridgehead atoms. The molecule has 80 valence electrons. The summed E-state index contributed by atoms with van der Waals surface area (Å²) in [5.74, 6) is 2.19. The molecule has 1 heteroatoms. The molecule has 0 aromatic heterocycles. The molecule has 0 saturated heterocycles. The number of hydrogen-bond acceptors (Lipinski definition) is 1. The zero-order chi connectivity index (χ0) is 10.6. The third-order valence-electron chi connectivity index (χ3n) is 4.65. The molecule has 3 rings (SSSR count). The second-order valence-electron chi connectivity index (χ2n) is 5.45. The van der Waals surface area contributed by atoms with Gasteiger partial charge in [0.25, 0.3) is 0 Å². The lowest BCUT2D eigenvalue weighted by molar-refractivity contribution is -0.121. The van der Waals surface area contributed by atoms with Crippen LogP contribution < -0.4 is 0 Å². The van der Waals surface area contributed by atoms with Crippen molar-refractivity contribution in [3.8, 4) is 0 Å². The average Bonchev–Trinajstić information content (AvgIpc) is 2.74. The van der Waals surface area contributed by atoms with Gasteiger partial charge >= 0.3 is 0 Å². The van der Waals surface area contributed by atoms with Gasteiger partial charge < -0.3 is 0 Å². The first kappa shape index (κ1) is 9.38. The van der Waals surface area contributed by atoms with Gasteiger partial charge in [-0.2, -0.15) is 0 Å². The van der Waals surface area contributed by atoms with E-state index in [1.54, 1.807) is 18.1 Å². The van der Waals surface area contributed by atoms with Crippen molar-refractivity contribution in [3.05, 3.63) is 23.3 Å². The molecule has 15 heavy (non-hydrogen) atoms. The van der Waals surface area contributed by atoms with E-state index in [1.165, 1.54) is 24.8 Å². The number of allylic oxidation sites excluding steroid dienone is 3. The maximum Gasteiger partial charge on any atom is 0.133 e. The highest BCUT2D eigenvalue weighted by Gasteiger charge is 2.43. The van der Waals surface area contributed by atoms with Crippen LogP contribution in [0.2, 0.25) is 0 Å². The van der Waals surface area contributed by atoms with Gasteiger partial charge in [-0.15, -0.1) is 0 Å².